The van der Waals surface area contributed by atoms with Gasteiger partial charge in [-0.15, -0.1) is 0 Å². The van der Waals surface area contributed by atoms with Crippen molar-refractivity contribution in [1.29, 1.82) is 5.26 Å². The van der Waals surface area contributed by atoms with Crippen molar-refractivity contribution in [3.63, 3.8) is 0 Å². The third-order valence-corrected chi connectivity index (χ3v) is 2.93. The predicted molar refractivity (Wildman–Crippen MR) is 74.9 cm³/mol. The Bertz CT molecular complexity index is 572. The highest BCUT2D eigenvalue weighted by atomic mass is 16.1. The van der Waals surface area contributed by atoms with Crippen LogP contribution in [0.3, 0.4) is 0 Å². The van der Waals surface area contributed by atoms with Crippen LogP contribution in [-0.2, 0) is 6.54 Å². The van der Waals surface area contributed by atoms with E-state index in [9.17, 15) is 4.79 Å². The van der Waals surface area contributed by atoms with Gasteiger partial charge in [0.2, 0.25) is 0 Å². The number of nitrogens with zero attached hydrogens (tertiary/aromatic N) is 3. The number of hydrogen-bond donors (Lipinski definition) is 1. The molecule has 0 spiro atoms. The summed E-state index contributed by atoms with van der Waals surface area (Å²) in [7, 11) is 0. The van der Waals surface area contributed by atoms with Crippen molar-refractivity contribution < 1.29 is 4.79 Å². The van der Waals surface area contributed by atoms with Gasteiger partial charge in [0.05, 0.1) is 18.3 Å². The zero-order chi connectivity index (χ0) is 14.2. The van der Waals surface area contributed by atoms with Crippen LogP contribution < -0.4 is 0 Å². The maximum Gasteiger partial charge on any atom is 0.192 e. The summed E-state index contributed by atoms with van der Waals surface area (Å²) in [6, 6.07) is 9.50. The van der Waals surface area contributed by atoms with E-state index in [0.29, 0.717) is 25.2 Å². The third-order valence-electron chi connectivity index (χ3n) is 2.93. The Morgan fingerprint density at radius 1 is 1.40 bits per heavy atom. The number of rotatable bonds is 7. The second kappa shape index (κ2) is 7.22. The first kappa shape index (κ1) is 14.0. The van der Waals surface area contributed by atoms with Crippen molar-refractivity contribution in [2.24, 2.45) is 0 Å². The second-order valence-corrected chi connectivity index (χ2v) is 4.49. The van der Waals surface area contributed by atoms with Crippen molar-refractivity contribution in [2.45, 2.75) is 13.0 Å². The zero-order valence-electron chi connectivity index (χ0n) is 11.1. The van der Waals surface area contributed by atoms with Gasteiger partial charge in [0.15, 0.2) is 5.78 Å². The average molecular weight is 268 g/mol. The van der Waals surface area contributed by atoms with Gasteiger partial charge in [-0.3, -0.25) is 14.7 Å². The fourth-order valence-corrected chi connectivity index (χ4v) is 1.96. The standard InChI is InChI=1S/C15H16N4O/c16-6-3-9-19(11-13-4-1-7-17-10-13)12-15(20)14-5-2-8-18-14/h1-2,4-5,7-8,10,18H,3,9,11-12H2. The highest BCUT2D eigenvalue weighted by molar-refractivity contribution is 5.95. The molecule has 0 bridgehead atoms. The molecule has 0 radical (unpaired) electrons. The molecule has 0 aliphatic rings. The summed E-state index contributed by atoms with van der Waals surface area (Å²) in [5.74, 6) is 0.0248. The van der Waals surface area contributed by atoms with E-state index in [4.69, 9.17) is 5.26 Å². The quantitative estimate of drug-likeness (QED) is 0.780. The summed E-state index contributed by atoms with van der Waals surface area (Å²) in [5.41, 5.74) is 1.63. The molecular weight excluding hydrogens is 252 g/mol. The number of pyridine rings is 1. The lowest BCUT2D eigenvalue weighted by molar-refractivity contribution is 0.0922. The van der Waals surface area contributed by atoms with E-state index in [1.165, 1.54) is 0 Å². The van der Waals surface area contributed by atoms with Crippen LogP contribution in [0.25, 0.3) is 0 Å². The molecule has 102 valence electrons. The summed E-state index contributed by atoms with van der Waals surface area (Å²) in [6.07, 6.45) is 5.62. The third kappa shape index (κ3) is 4.04. The maximum atomic E-state index is 12.1. The molecule has 0 saturated carbocycles. The Labute approximate surface area is 117 Å². The molecule has 0 atom stereocenters. The molecule has 0 unspecified atom stereocenters. The molecule has 2 rings (SSSR count). The van der Waals surface area contributed by atoms with Gasteiger partial charge in [-0.05, 0) is 23.8 Å². The fourth-order valence-electron chi connectivity index (χ4n) is 1.96. The SMILES string of the molecule is N#CCCN(CC(=O)c1ccc[nH]1)Cc1cccnc1. The molecule has 5 nitrogen and oxygen atoms in total. The Morgan fingerprint density at radius 3 is 2.95 bits per heavy atom. The summed E-state index contributed by atoms with van der Waals surface area (Å²) in [6.45, 7) is 1.47. The number of aromatic nitrogens is 2. The van der Waals surface area contributed by atoms with Crippen molar-refractivity contribution in [3.05, 3.63) is 54.1 Å². The van der Waals surface area contributed by atoms with Crippen LogP contribution in [-0.4, -0.2) is 33.7 Å². The first-order valence-electron chi connectivity index (χ1n) is 6.44. The summed E-state index contributed by atoms with van der Waals surface area (Å²) in [4.78, 5) is 21.0. The normalized spacial score (nSPS) is 10.4. The van der Waals surface area contributed by atoms with E-state index in [0.717, 1.165) is 5.56 Å². The summed E-state index contributed by atoms with van der Waals surface area (Å²) in [5, 5.41) is 8.72. The van der Waals surface area contributed by atoms with Crippen LogP contribution in [0.1, 0.15) is 22.5 Å². The molecular formula is C15H16N4O. The molecule has 5 heteroatoms. The van der Waals surface area contributed by atoms with Gasteiger partial charge in [-0.1, -0.05) is 6.07 Å². The smallest absolute Gasteiger partial charge is 0.192 e. The average Bonchev–Trinajstić information content (AvgIpc) is 3.00. The fraction of sp³-hybridized carbons (Fsp3) is 0.267. The molecule has 0 aliphatic heterocycles. The van der Waals surface area contributed by atoms with Crippen LogP contribution in [0, 0.1) is 11.3 Å². The van der Waals surface area contributed by atoms with Crippen molar-refractivity contribution in [2.75, 3.05) is 13.1 Å². The van der Waals surface area contributed by atoms with Crippen molar-refractivity contribution >= 4 is 5.78 Å². The number of carbonyl (C=O) groups is 1. The molecule has 1 N–H and O–H groups in total. The summed E-state index contributed by atoms with van der Waals surface area (Å²) >= 11 is 0. The van der Waals surface area contributed by atoms with Crippen molar-refractivity contribution in [1.82, 2.24) is 14.9 Å². The van der Waals surface area contributed by atoms with E-state index < -0.39 is 0 Å². The highest BCUT2D eigenvalue weighted by Crippen LogP contribution is 2.06. The molecule has 0 aliphatic carbocycles. The molecule has 20 heavy (non-hydrogen) atoms. The molecule has 2 aromatic heterocycles. The Morgan fingerprint density at radius 2 is 2.30 bits per heavy atom. The molecule has 2 aromatic rings. The highest BCUT2D eigenvalue weighted by Gasteiger charge is 2.13. The Balaban J connectivity index is 2.00. The second-order valence-electron chi connectivity index (χ2n) is 4.49. The lowest BCUT2D eigenvalue weighted by atomic mass is 10.2. The van der Waals surface area contributed by atoms with E-state index >= 15 is 0 Å². The molecule has 0 amide bonds. The number of H-pyrrole nitrogens is 1. The van der Waals surface area contributed by atoms with Crippen LogP contribution >= 0.6 is 0 Å². The number of carbonyl (C=O) groups excluding carboxylic acids is 1. The van der Waals surface area contributed by atoms with Gasteiger partial charge in [0, 0.05) is 38.1 Å². The van der Waals surface area contributed by atoms with E-state index in [-0.39, 0.29) is 12.3 Å². The van der Waals surface area contributed by atoms with E-state index in [2.05, 4.69) is 16.0 Å². The van der Waals surface area contributed by atoms with E-state index in [1.54, 1.807) is 30.7 Å². The Hall–Kier alpha value is -2.45. The first-order chi connectivity index (χ1) is 9.79. The van der Waals surface area contributed by atoms with Crippen LogP contribution in [0.15, 0.2) is 42.9 Å². The molecule has 2 heterocycles. The lowest BCUT2D eigenvalue weighted by Gasteiger charge is -2.19. The molecule has 0 saturated heterocycles. The monoisotopic (exact) mass is 268 g/mol. The minimum absolute atomic E-state index is 0.0248. The number of aromatic amines is 1. The van der Waals surface area contributed by atoms with Gasteiger partial charge in [-0.25, -0.2) is 0 Å². The van der Waals surface area contributed by atoms with Gasteiger partial charge in [0.25, 0.3) is 0 Å². The van der Waals surface area contributed by atoms with Gasteiger partial charge in [0.1, 0.15) is 0 Å². The molecule has 0 aromatic carbocycles. The van der Waals surface area contributed by atoms with Crippen LogP contribution in [0.4, 0.5) is 0 Å². The maximum absolute atomic E-state index is 12.1. The Kier molecular flexibility index (Phi) is 5.04. The van der Waals surface area contributed by atoms with Crippen LogP contribution in [0.5, 0.6) is 0 Å². The number of nitrogens with one attached hydrogen (secondary N) is 1. The molecule has 0 fully saturated rings. The van der Waals surface area contributed by atoms with Crippen molar-refractivity contribution in [3.8, 4) is 6.07 Å². The predicted octanol–water partition coefficient (Wildman–Crippen LogP) is 2.01. The van der Waals surface area contributed by atoms with Gasteiger partial charge < -0.3 is 4.98 Å². The van der Waals surface area contributed by atoms with Gasteiger partial charge >= 0.3 is 0 Å². The zero-order valence-corrected chi connectivity index (χ0v) is 11.1. The number of hydrogen-bond acceptors (Lipinski definition) is 4. The minimum atomic E-state index is 0.0248. The topological polar surface area (TPSA) is 72.8 Å². The number of nitriles is 1. The number of ketones is 1. The first-order valence-corrected chi connectivity index (χ1v) is 6.44. The van der Waals surface area contributed by atoms with E-state index in [1.807, 2.05) is 17.0 Å². The largest absolute Gasteiger partial charge is 0.359 e. The number of Topliss-reactive ketones (excluding diaryl/α,β-unsaturated/α-hetero) is 1. The lowest BCUT2D eigenvalue weighted by Crippen LogP contribution is -2.30. The van der Waals surface area contributed by atoms with Crippen LogP contribution in [0.2, 0.25) is 0 Å². The van der Waals surface area contributed by atoms with Gasteiger partial charge in [-0.2, -0.15) is 5.26 Å². The minimum Gasteiger partial charge on any atom is -0.359 e. The summed E-state index contributed by atoms with van der Waals surface area (Å²) < 4.78 is 0.